The maximum Gasteiger partial charge on any atom is 0.353 e. The van der Waals surface area contributed by atoms with Crippen molar-refractivity contribution in [2.75, 3.05) is 0 Å². The molecule has 0 saturated heterocycles. The average molecular weight is 442 g/mol. The van der Waals surface area contributed by atoms with E-state index in [-0.39, 0.29) is 22.3 Å². The molecule has 0 aliphatic heterocycles. The molecule has 0 heterocycles. The second kappa shape index (κ2) is 8.20. The van der Waals surface area contributed by atoms with Gasteiger partial charge in [0.1, 0.15) is 0 Å². The first-order chi connectivity index (χ1) is 14.6. The van der Waals surface area contributed by atoms with Gasteiger partial charge in [0.15, 0.2) is 0 Å². The Kier molecular flexibility index (Phi) is 5.66. The van der Waals surface area contributed by atoms with Gasteiger partial charge < -0.3 is 0 Å². The molecule has 0 fully saturated rings. The van der Waals surface area contributed by atoms with Gasteiger partial charge in [-0.3, -0.25) is 40.5 Å². The highest BCUT2D eigenvalue weighted by atomic mass is 31.0. The van der Waals surface area contributed by atoms with Gasteiger partial charge in [0.05, 0.1) is 30.8 Å². The molecule has 3 aromatic carbocycles. The van der Waals surface area contributed by atoms with Crippen molar-refractivity contribution in [3.63, 3.8) is 0 Å². The van der Waals surface area contributed by atoms with Crippen LogP contribution in [0.4, 0.5) is 22.7 Å². The minimum atomic E-state index is -0.908. The van der Waals surface area contributed by atoms with Crippen molar-refractivity contribution < 1.29 is 19.7 Å². The van der Waals surface area contributed by atoms with Crippen LogP contribution in [0.2, 0.25) is 0 Å². The molecule has 0 aromatic heterocycles. The second-order valence-electron chi connectivity index (χ2n) is 6.14. The average Bonchev–Trinajstić information content (AvgIpc) is 2.72. The highest BCUT2D eigenvalue weighted by Crippen LogP contribution is 2.45. The van der Waals surface area contributed by atoms with Gasteiger partial charge in [-0.2, -0.15) is 0 Å². The third kappa shape index (κ3) is 3.79. The van der Waals surface area contributed by atoms with Crippen molar-refractivity contribution in [2.24, 2.45) is 0 Å². The first kappa shape index (κ1) is 21.4. The minimum absolute atomic E-state index is 0.0755. The summed E-state index contributed by atoms with van der Waals surface area (Å²) in [5.74, 6) is 0. The zero-order chi connectivity index (χ0) is 22.9. The summed E-state index contributed by atoms with van der Waals surface area (Å²) >= 11 is 0. The number of nitrogens with zero attached hydrogens (tertiary/aromatic N) is 4. The number of rotatable bonds is 6. The lowest BCUT2D eigenvalue weighted by atomic mass is 9.92. The van der Waals surface area contributed by atoms with E-state index in [1.165, 1.54) is 42.5 Å². The molecule has 31 heavy (non-hydrogen) atoms. The zero-order valence-electron chi connectivity index (χ0n) is 15.3. The van der Waals surface area contributed by atoms with Crippen LogP contribution in [0.3, 0.4) is 0 Å². The van der Waals surface area contributed by atoms with Crippen LogP contribution in [0.25, 0.3) is 22.3 Å². The molecule has 1 atom stereocenters. The molecule has 0 aliphatic carbocycles. The Morgan fingerprint density at radius 1 is 0.548 bits per heavy atom. The lowest BCUT2D eigenvalue weighted by Crippen LogP contribution is -2.06. The Morgan fingerprint density at radius 2 is 0.968 bits per heavy atom. The Bertz CT molecular complexity index is 1280. The maximum absolute atomic E-state index is 11.7. The Morgan fingerprint density at radius 3 is 1.45 bits per heavy atom. The highest BCUT2D eigenvalue weighted by Gasteiger charge is 2.34. The molecule has 13 heteroatoms. The predicted octanol–water partition coefficient (Wildman–Crippen LogP) is 4.15. The lowest BCUT2D eigenvalue weighted by molar-refractivity contribution is -0.422. The van der Waals surface area contributed by atoms with Gasteiger partial charge in [0, 0.05) is 17.7 Å². The van der Waals surface area contributed by atoms with Crippen LogP contribution in [0.15, 0.2) is 54.6 Å². The topological polar surface area (TPSA) is 173 Å². The number of para-hydroxylation sites is 2. The summed E-state index contributed by atoms with van der Waals surface area (Å²) in [5, 5.41) is 46.4. The Labute approximate surface area is 174 Å². The highest BCUT2D eigenvalue weighted by molar-refractivity contribution is 7.28. The summed E-state index contributed by atoms with van der Waals surface area (Å²) in [4.78, 5) is 42.4. The van der Waals surface area contributed by atoms with Crippen molar-refractivity contribution in [1.29, 1.82) is 0 Å². The maximum atomic E-state index is 11.7. The molecule has 0 N–H and O–H groups in total. The number of benzene rings is 3. The molecule has 0 bridgehead atoms. The van der Waals surface area contributed by atoms with E-state index in [9.17, 15) is 40.5 Å². The van der Waals surface area contributed by atoms with E-state index in [4.69, 9.17) is 0 Å². The zero-order valence-corrected chi connectivity index (χ0v) is 16.5. The van der Waals surface area contributed by atoms with Gasteiger partial charge >= 0.3 is 22.7 Å². The van der Waals surface area contributed by atoms with E-state index in [0.717, 1.165) is 12.1 Å². The summed E-state index contributed by atoms with van der Waals surface area (Å²) in [5.41, 5.74) is -3.24. The Hall–Kier alpha value is -4.31. The summed E-state index contributed by atoms with van der Waals surface area (Å²) in [6, 6.07) is 11.5. The molecule has 0 spiro atoms. The number of nitro benzene ring substituents is 4. The van der Waals surface area contributed by atoms with E-state index in [1.807, 2.05) is 0 Å². The second-order valence-corrected chi connectivity index (χ2v) is 6.77. The first-order valence-electron chi connectivity index (χ1n) is 8.38. The van der Waals surface area contributed by atoms with E-state index < -0.39 is 42.4 Å². The molecular weight excluding hydrogens is 431 g/mol. The van der Waals surface area contributed by atoms with Gasteiger partial charge in [0.2, 0.25) is 0 Å². The fraction of sp³-hybridized carbons (Fsp3) is 0. The van der Waals surface area contributed by atoms with Gasteiger partial charge in [-0.05, 0) is 23.0 Å². The monoisotopic (exact) mass is 442 g/mol. The van der Waals surface area contributed by atoms with E-state index in [0.29, 0.717) is 5.30 Å². The molecule has 3 aromatic rings. The molecule has 0 aliphatic rings. The largest absolute Gasteiger partial charge is 0.353 e. The van der Waals surface area contributed by atoms with E-state index >= 15 is 0 Å². The molecule has 3 rings (SSSR count). The molecule has 0 saturated carbocycles. The molecule has 156 valence electrons. The van der Waals surface area contributed by atoms with Crippen molar-refractivity contribution in [1.82, 2.24) is 0 Å². The van der Waals surface area contributed by atoms with Crippen LogP contribution in [0, 0.1) is 40.5 Å². The quantitative estimate of drug-likeness (QED) is 0.311. The normalized spacial score (nSPS) is 10.5. The van der Waals surface area contributed by atoms with Crippen LogP contribution in [-0.4, -0.2) is 19.7 Å². The lowest BCUT2D eigenvalue weighted by Gasteiger charge is -2.13. The minimum Gasteiger partial charge on any atom is -0.258 e. The molecular formula is C18H11N4O8P. The van der Waals surface area contributed by atoms with Gasteiger partial charge in [-0.25, -0.2) is 0 Å². The van der Waals surface area contributed by atoms with Crippen molar-refractivity contribution >= 4 is 37.3 Å². The summed E-state index contributed by atoms with van der Waals surface area (Å²) in [6.45, 7) is 0. The summed E-state index contributed by atoms with van der Waals surface area (Å²) in [6.07, 6.45) is 0. The fourth-order valence-corrected chi connectivity index (χ4v) is 3.68. The summed E-state index contributed by atoms with van der Waals surface area (Å²) in [7, 11) is 2.31. The van der Waals surface area contributed by atoms with Crippen LogP contribution in [0.1, 0.15) is 0 Å². The van der Waals surface area contributed by atoms with Crippen molar-refractivity contribution in [2.45, 2.75) is 0 Å². The predicted molar refractivity (Wildman–Crippen MR) is 113 cm³/mol. The number of hydrogen-bond acceptors (Lipinski definition) is 8. The van der Waals surface area contributed by atoms with Crippen LogP contribution in [-0.2, 0) is 0 Å². The van der Waals surface area contributed by atoms with Crippen LogP contribution < -0.4 is 5.30 Å². The SMILES string of the molecule is O=[N+]([O-])c1cccc(-c2cccc(P)c2-c2cccc([N+](=O)[O-])c2[N+](=O)[O-])c1[N+](=O)[O-]. The van der Waals surface area contributed by atoms with Gasteiger partial charge in [0.25, 0.3) is 0 Å². The summed E-state index contributed by atoms with van der Waals surface area (Å²) < 4.78 is 0. The van der Waals surface area contributed by atoms with Crippen LogP contribution >= 0.6 is 9.24 Å². The van der Waals surface area contributed by atoms with Crippen LogP contribution in [0.5, 0.6) is 0 Å². The third-order valence-electron chi connectivity index (χ3n) is 4.44. The standard InChI is InChI=1S/C18H11N4O8P/c23-19(24)13-7-1-5-11(17(13)21(27)28)10-4-3-9-15(31)16(10)12-6-2-8-14(20(25)26)18(12)22(29)30/h1-9H,31H2. The van der Waals surface area contributed by atoms with Crippen molar-refractivity contribution in [3.05, 3.63) is 95.1 Å². The number of nitro groups is 4. The van der Waals surface area contributed by atoms with Gasteiger partial charge in [-0.1, -0.05) is 30.3 Å². The van der Waals surface area contributed by atoms with Crippen molar-refractivity contribution in [3.8, 4) is 22.3 Å². The number of hydrogen-bond donors (Lipinski definition) is 0. The van der Waals surface area contributed by atoms with E-state index in [2.05, 4.69) is 9.24 Å². The smallest absolute Gasteiger partial charge is 0.258 e. The molecule has 0 amide bonds. The molecule has 12 nitrogen and oxygen atoms in total. The third-order valence-corrected chi connectivity index (χ3v) is 4.93. The first-order valence-corrected chi connectivity index (χ1v) is 8.95. The van der Waals surface area contributed by atoms with Gasteiger partial charge in [-0.15, -0.1) is 9.24 Å². The van der Waals surface area contributed by atoms with E-state index in [1.54, 1.807) is 0 Å². The molecule has 0 radical (unpaired) electrons. The Balaban J connectivity index is 2.47. The molecule has 1 unspecified atom stereocenters. The fourth-order valence-electron chi connectivity index (χ4n) is 3.26.